The summed E-state index contributed by atoms with van der Waals surface area (Å²) < 4.78 is 0. The Balaban J connectivity index is 2.72. The minimum atomic E-state index is -0.0485. The van der Waals surface area contributed by atoms with Crippen molar-refractivity contribution in [1.82, 2.24) is 0 Å². The van der Waals surface area contributed by atoms with Crippen LogP contribution in [0.2, 0.25) is 5.02 Å². The lowest BCUT2D eigenvalue weighted by Crippen LogP contribution is -2.12. The maximum absolute atomic E-state index is 12.1. The molecule has 0 fully saturated rings. The van der Waals surface area contributed by atoms with Crippen LogP contribution < -0.4 is 5.43 Å². The van der Waals surface area contributed by atoms with Crippen LogP contribution in [0.3, 0.4) is 0 Å². The van der Waals surface area contributed by atoms with E-state index in [1.54, 1.807) is 12.1 Å². The van der Waals surface area contributed by atoms with Gasteiger partial charge in [0.25, 0.3) is 0 Å². The van der Waals surface area contributed by atoms with Crippen molar-refractivity contribution >= 4 is 11.6 Å². The first kappa shape index (κ1) is 13.8. The van der Waals surface area contributed by atoms with Gasteiger partial charge in [-0.3, -0.25) is 4.79 Å². The van der Waals surface area contributed by atoms with Gasteiger partial charge < -0.3 is 0 Å². The van der Waals surface area contributed by atoms with E-state index >= 15 is 0 Å². The van der Waals surface area contributed by atoms with E-state index in [4.69, 9.17) is 11.6 Å². The van der Waals surface area contributed by atoms with Crippen LogP contribution in [0.15, 0.2) is 53.3 Å². The van der Waals surface area contributed by atoms with Crippen LogP contribution >= 0.6 is 11.6 Å². The van der Waals surface area contributed by atoms with Gasteiger partial charge >= 0.3 is 0 Å². The second-order valence-electron chi connectivity index (χ2n) is 5.61. The van der Waals surface area contributed by atoms with Crippen LogP contribution in [0.5, 0.6) is 0 Å². The van der Waals surface area contributed by atoms with E-state index in [2.05, 4.69) is 20.8 Å². The third-order valence-electron chi connectivity index (χ3n) is 3.10. The Hall–Kier alpha value is -1.60. The fourth-order valence-corrected chi connectivity index (χ4v) is 2.58. The quantitative estimate of drug-likeness (QED) is 0.738. The second kappa shape index (κ2) is 5.18. The number of benzene rings is 1. The summed E-state index contributed by atoms with van der Waals surface area (Å²) in [5, 5.41) is 0.665. The van der Waals surface area contributed by atoms with Crippen LogP contribution in [0.25, 0.3) is 11.1 Å². The molecule has 0 bridgehead atoms. The molecule has 0 aliphatic rings. The monoisotopic (exact) mass is 272 g/mol. The Kier molecular flexibility index (Phi) is 3.77. The SMILES string of the molecule is CC(C)(C)c1cccc(-c2cccccc2=O)c1Cl. The Morgan fingerprint density at radius 1 is 0.842 bits per heavy atom. The van der Waals surface area contributed by atoms with Gasteiger partial charge in [0.15, 0.2) is 5.43 Å². The third-order valence-corrected chi connectivity index (χ3v) is 3.50. The molecule has 0 aromatic heterocycles. The first-order valence-corrected chi connectivity index (χ1v) is 6.68. The smallest absolute Gasteiger partial charge is 0.186 e. The minimum absolute atomic E-state index is 0.0158. The highest BCUT2D eigenvalue weighted by molar-refractivity contribution is 6.34. The zero-order valence-electron chi connectivity index (χ0n) is 11.4. The number of halogens is 1. The van der Waals surface area contributed by atoms with Crippen molar-refractivity contribution in [2.45, 2.75) is 26.2 Å². The molecule has 0 spiro atoms. The summed E-state index contributed by atoms with van der Waals surface area (Å²) in [7, 11) is 0. The lowest BCUT2D eigenvalue weighted by atomic mass is 9.85. The highest BCUT2D eigenvalue weighted by Crippen LogP contribution is 2.35. The summed E-state index contributed by atoms with van der Waals surface area (Å²) >= 11 is 6.50. The van der Waals surface area contributed by atoms with E-state index in [1.165, 1.54) is 0 Å². The third kappa shape index (κ3) is 2.87. The first-order valence-electron chi connectivity index (χ1n) is 6.30. The van der Waals surface area contributed by atoms with Crippen molar-refractivity contribution in [3.8, 4) is 11.1 Å². The summed E-state index contributed by atoms with van der Waals surface area (Å²) in [4.78, 5) is 12.1. The van der Waals surface area contributed by atoms with E-state index in [9.17, 15) is 4.79 Å². The molecule has 0 radical (unpaired) electrons. The van der Waals surface area contributed by atoms with Gasteiger partial charge in [-0.2, -0.15) is 0 Å². The van der Waals surface area contributed by atoms with Crippen LogP contribution in [-0.4, -0.2) is 0 Å². The predicted octanol–water partition coefficient (Wildman–Crippen LogP) is 4.66. The van der Waals surface area contributed by atoms with Crippen molar-refractivity contribution in [3.63, 3.8) is 0 Å². The summed E-state index contributed by atoms with van der Waals surface area (Å²) in [6, 6.07) is 14.7. The molecule has 0 amide bonds. The molecule has 0 atom stereocenters. The van der Waals surface area contributed by atoms with E-state index in [-0.39, 0.29) is 10.8 Å². The molecule has 0 N–H and O–H groups in total. The Morgan fingerprint density at radius 3 is 2.16 bits per heavy atom. The molecule has 98 valence electrons. The van der Waals surface area contributed by atoms with E-state index in [0.717, 1.165) is 11.1 Å². The van der Waals surface area contributed by atoms with Gasteiger partial charge in [-0.25, -0.2) is 0 Å². The molecule has 0 aliphatic carbocycles. The fourth-order valence-electron chi connectivity index (χ4n) is 2.07. The average Bonchev–Trinajstić information content (AvgIpc) is 2.53. The first-order chi connectivity index (χ1) is 8.91. The van der Waals surface area contributed by atoms with Crippen molar-refractivity contribution in [2.24, 2.45) is 0 Å². The molecule has 0 heterocycles. The number of rotatable bonds is 1. The summed E-state index contributed by atoms with van der Waals surface area (Å²) in [5.74, 6) is 0. The van der Waals surface area contributed by atoms with Gasteiger partial charge in [0.1, 0.15) is 0 Å². The summed E-state index contributed by atoms with van der Waals surface area (Å²) in [5.41, 5.74) is 2.43. The van der Waals surface area contributed by atoms with Crippen LogP contribution in [0, 0.1) is 0 Å². The van der Waals surface area contributed by atoms with E-state index in [1.807, 2.05) is 36.4 Å². The van der Waals surface area contributed by atoms with Crippen LogP contribution in [-0.2, 0) is 5.41 Å². The summed E-state index contributed by atoms with van der Waals surface area (Å²) in [6.45, 7) is 6.34. The molecule has 2 rings (SSSR count). The largest absolute Gasteiger partial charge is 0.289 e. The fraction of sp³-hybridized carbons (Fsp3) is 0.235. The molecule has 0 saturated carbocycles. The van der Waals surface area contributed by atoms with E-state index < -0.39 is 0 Å². The van der Waals surface area contributed by atoms with Crippen molar-refractivity contribution in [3.05, 3.63) is 69.3 Å². The Bertz CT molecular complexity index is 654. The van der Waals surface area contributed by atoms with Crippen LogP contribution in [0.4, 0.5) is 0 Å². The van der Waals surface area contributed by atoms with Gasteiger partial charge in [-0.1, -0.05) is 74.8 Å². The Morgan fingerprint density at radius 2 is 1.47 bits per heavy atom. The second-order valence-corrected chi connectivity index (χ2v) is 5.98. The highest BCUT2D eigenvalue weighted by Gasteiger charge is 2.19. The highest BCUT2D eigenvalue weighted by atomic mass is 35.5. The molecule has 2 aromatic rings. The maximum Gasteiger partial charge on any atom is 0.186 e. The van der Waals surface area contributed by atoms with Gasteiger partial charge in [0.2, 0.25) is 0 Å². The molecule has 0 aliphatic heterocycles. The topological polar surface area (TPSA) is 17.1 Å². The molecule has 0 saturated heterocycles. The Labute approximate surface area is 118 Å². The normalized spacial score (nSPS) is 11.4. The zero-order valence-corrected chi connectivity index (χ0v) is 12.2. The number of hydrogen-bond acceptors (Lipinski definition) is 1. The van der Waals surface area contributed by atoms with Crippen molar-refractivity contribution in [2.75, 3.05) is 0 Å². The number of hydrogen-bond donors (Lipinski definition) is 0. The molecule has 0 unspecified atom stereocenters. The summed E-state index contributed by atoms with van der Waals surface area (Å²) in [6.07, 6.45) is 0. The lowest BCUT2D eigenvalue weighted by molar-refractivity contribution is 0.591. The van der Waals surface area contributed by atoms with Gasteiger partial charge in [-0.05, 0) is 17.0 Å². The lowest BCUT2D eigenvalue weighted by Gasteiger charge is -2.22. The molecular formula is C17H17ClO. The van der Waals surface area contributed by atoms with Gasteiger partial charge in [-0.15, -0.1) is 0 Å². The standard InChI is InChI=1S/C17H17ClO/c1-17(2,3)14-10-7-9-13(16(14)18)12-8-5-4-6-11-15(12)19/h4-11H,1-3H3. The molecule has 2 heteroatoms. The van der Waals surface area contributed by atoms with E-state index in [0.29, 0.717) is 10.6 Å². The zero-order chi connectivity index (χ0) is 14.0. The molecule has 2 aromatic carbocycles. The van der Waals surface area contributed by atoms with Crippen molar-refractivity contribution < 1.29 is 0 Å². The average molecular weight is 273 g/mol. The van der Waals surface area contributed by atoms with Gasteiger partial charge in [0, 0.05) is 11.1 Å². The molecular weight excluding hydrogens is 256 g/mol. The predicted molar refractivity (Wildman–Crippen MR) is 81.9 cm³/mol. The molecule has 19 heavy (non-hydrogen) atoms. The van der Waals surface area contributed by atoms with Crippen molar-refractivity contribution in [1.29, 1.82) is 0 Å². The van der Waals surface area contributed by atoms with Crippen LogP contribution in [0.1, 0.15) is 26.3 Å². The molecule has 1 nitrogen and oxygen atoms in total. The maximum atomic E-state index is 12.1. The minimum Gasteiger partial charge on any atom is -0.289 e. The van der Waals surface area contributed by atoms with Gasteiger partial charge in [0.05, 0.1) is 5.02 Å².